The minimum absolute atomic E-state index is 0.311. The molecule has 17 heavy (non-hydrogen) atoms. The van der Waals surface area contributed by atoms with Gasteiger partial charge in [-0.25, -0.2) is 0 Å². The average Bonchev–Trinajstić information content (AvgIpc) is 2.87. The van der Waals surface area contributed by atoms with Gasteiger partial charge >= 0.3 is 0 Å². The zero-order valence-corrected chi connectivity index (χ0v) is 11.5. The van der Waals surface area contributed by atoms with E-state index in [0.29, 0.717) is 24.7 Å². The number of nitrogens with zero attached hydrogens (tertiary/aromatic N) is 1. The molecule has 3 atom stereocenters. The molecule has 1 heterocycles. The number of hydrogen-bond donors (Lipinski definition) is 1. The van der Waals surface area contributed by atoms with Crippen LogP contribution in [0.4, 0.5) is 0 Å². The zero-order chi connectivity index (χ0) is 12.7. The number of methoxy groups -OCH3 is 1. The second-order valence-corrected chi connectivity index (χ2v) is 4.84. The molecule has 1 saturated heterocycles. The molecule has 4 nitrogen and oxygen atoms in total. The first kappa shape index (κ1) is 14.9. The van der Waals surface area contributed by atoms with E-state index in [1.165, 1.54) is 6.42 Å². The van der Waals surface area contributed by atoms with Crippen LogP contribution in [0.3, 0.4) is 0 Å². The number of ether oxygens (including phenoxy) is 2. The maximum absolute atomic E-state index is 5.96. The third-order valence-corrected chi connectivity index (χ3v) is 3.77. The summed E-state index contributed by atoms with van der Waals surface area (Å²) in [7, 11) is 1.75. The molecule has 0 aromatic carbocycles. The molecule has 0 aromatic rings. The Bertz CT molecular complexity index is 196. The Hall–Kier alpha value is -0.160. The van der Waals surface area contributed by atoms with Crippen LogP contribution in [0.15, 0.2) is 0 Å². The molecule has 0 aliphatic carbocycles. The SMILES string of the molecule is CCC(C)N(CCOC)C(CN)C1CCCO1. The van der Waals surface area contributed by atoms with Gasteiger partial charge in [-0.1, -0.05) is 6.92 Å². The predicted molar refractivity (Wildman–Crippen MR) is 70.2 cm³/mol. The van der Waals surface area contributed by atoms with E-state index in [0.717, 1.165) is 32.6 Å². The smallest absolute Gasteiger partial charge is 0.0743 e. The van der Waals surface area contributed by atoms with E-state index in [1.54, 1.807) is 7.11 Å². The monoisotopic (exact) mass is 244 g/mol. The van der Waals surface area contributed by atoms with Gasteiger partial charge in [0.25, 0.3) is 0 Å². The fraction of sp³-hybridized carbons (Fsp3) is 1.00. The van der Waals surface area contributed by atoms with Gasteiger partial charge in [0.05, 0.1) is 12.7 Å². The van der Waals surface area contributed by atoms with Crippen molar-refractivity contribution >= 4 is 0 Å². The van der Waals surface area contributed by atoms with E-state index >= 15 is 0 Å². The van der Waals surface area contributed by atoms with Gasteiger partial charge in [0.15, 0.2) is 0 Å². The first-order valence-corrected chi connectivity index (χ1v) is 6.80. The van der Waals surface area contributed by atoms with Crippen molar-refractivity contribution in [2.24, 2.45) is 5.73 Å². The fourth-order valence-electron chi connectivity index (χ4n) is 2.55. The van der Waals surface area contributed by atoms with Crippen LogP contribution < -0.4 is 5.73 Å². The maximum atomic E-state index is 5.96. The van der Waals surface area contributed by atoms with Crippen molar-refractivity contribution in [3.63, 3.8) is 0 Å². The third kappa shape index (κ3) is 4.21. The molecule has 1 aliphatic rings. The van der Waals surface area contributed by atoms with Gasteiger partial charge < -0.3 is 15.2 Å². The molecule has 1 rings (SSSR count). The molecular formula is C13H28N2O2. The second-order valence-electron chi connectivity index (χ2n) is 4.84. The lowest BCUT2D eigenvalue weighted by molar-refractivity contribution is 0.000124. The van der Waals surface area contributed by atoms with E-state index in [2.05, 4.69) is 18.7 Å². The van der Waals surface area contributed by atoms with Crippen LogP contribution in [0.5, 0.6) is 0 Å². The molecule has 4 heteroatoms. The van der Waals surface area contributed by atoms with E-state index in [-0.39, 0.29) is 0 Å². The first-order valence-electron chi connectivity index (χ1n) is 6.80. The lowest BCUT2D eigenvalue weighted by atomic mass is 10.0. The van der Waals surface area contributed by atoms with E-state index in [4.69, 9.17) is 15.2 Å². The van der Waals surface area contributed by atoms with E-state index < -0.39 is 0 Å². The van der Waals surface area contributed by atoms with Gasteiger partial charge in [-0.2, -0.15) is 0 Å². The van der Waals surface area contributed by atoms with Crippen LogP contribution in [-0.2, 0) is 9.47 Å². The van der Waals surface area contributed by atoms with Crippen LogP contribution in [-0.4, -0.2) is 56.5 Å². The second kappa shape index (κ2) is 8.03. The average molecular weight is 244 g/mol. The standard InChI is InChI=1S/C13H28N2O2/c1-4-11(2)15(7-9-16-3)12(10-14)13-6-5-8-17-13/h11-13H,4-10,14H2,1-3H3. The Kier molecular flexibility index (Phi) is 7.04. The molecule has 0 radical (unpaired) electrons. The van der Waals surface area contributed by atoms with Crippen molar-refractivity contribution in [1.82, 2.24) is 4.90 Å². The summed E-state index contributed by atoms with van der Waals surface area (Å²) in [6.45, 7) is 7.72. The van der Waals surface area contributed by atoms with Crippen molar-refractivity contribution in [3.8, 4) is 0 Å². The topological polar surface area (TPSA) is 47.7 Å². The van der Waals surface area contributed by atoms with Gasteiger partial charge in [-0.3, -0.25) is 4.90 Å². The molecule has 0 amide bonds. The highest BCUT2D eigenvalue weighted by Gasteiger charge is 2.31. The fourth-order valence-corrected chi connectivity index (χ4v) is 2.55. The quantitative estimate of drug-likeness (QED) is 0.698. The van der Waals surface area contributed by atoms with Gasteiger partial charge in [0, 0.05) is 38.9 Å². The van der Waals surface area contributed by atoms with Gasteiger partial charge in [-0.05, 0) is 26.2 Å². The van der Waals surface area contributed by atoms with E-state index in [1.807, 2.05) is 0 Å². The molecule has 3 unspecified atom stereocenters. The Morgan fingerprint density at radius 1 is 1.53 bits per heavy atom. The minimum Gasteiger partial charge on any atom is -0.383 e. The van der Waals surface area contributed by atoms with Crippen molar-refractivity contribution in [2.75, 3.05) is 33.4 Å². The van der Waals surface area contributed by atoms with Gasteiger partial charge in [0.2, 0.25) is 0 Å². The summed E-state index contributed by atoms with van der Waals surface area (Å²) in [5, 5.41) is 0. The highest BCUT2D eigenvalue weighted by atomic mass is 16.5. The molecule has 1 aliphatic heterocycles. The molecule has 102 valence electrons. The number of rotatable bonds is 8. The predicted octanol–water partition coefficient (Wildman–Crippen LogP) is 1.24. The summed E-state index contributed by atoms with van der Waals surface area (Å²) in [5.41, 5.74) is 5.96. The Morgan fingerprint density at radius 3 is 2.76 bits per heavy atom. The number of hydrogen-bond acceptors (Lipinski definition) is 4. The summed E-state index contributed by atoms with van der Waals surface area (Å²) in [5.74, 6) is 0. The molecule has 0 spiro atoms. The molecule has 0 saturated carbocycles. The highest BCUT2D eigenvalue weighted by Crippen LogP contribution is 2.21. The summed E-state index contributed by atoms with van der Waals surface area (Å²) in [6, 6.07) is 0.866. The maximum Gasteiger partial charge on any atom is 0.0743 e. The summed E-state index contributed by atoms with van der Waals surface area (Å²) < 4.78 is 11.0. The normalized spacial score (nSPS) is 24.2. The molecule has 0 bridgehead atoms. The van der Waals surface area contributed by atoms with Crippen molar-refractivity contribution in [3.05, 3.63) is 0 Å². The van der Waals surface area contributed by atoms with Crippen LogP contribution in [0.1, 0.15) is 33.1 Å². The van der Waals surface area contributed by atoms with Crippen LogP contribution in [0, 0.1) is 0 Å². The van der Waals surface area contributed by atoms with Crippen molar-refractivity contribution < 1.29 is 9.47 Å². The van der Waals surface area contributed by atoms with Crippen LogP contribution in [0.25, 0.3) is 0 Å². The molecule has 1 fully saturated rings. The number of nitrogens with two attached hydrogens (primary N) is 1. The largest absolute Gasteiger partial charge is 0.383 e. The Balaban J connectivity index is 2.62. The zero-order valence-electron chi connectivity index (χ0n) is 11.5. The van der Waals surface area contributed by atoms with E-state index in [9.17, 15) is 0 Å². The summed E-state index contributed by atoms with van der Waals surface area (Å²) in [4.78, 5) is 2.46. The van der Waals surface area contributed by atoms with Gasteiger partial charge in [0.1, 0.15) is 0 Å². The highest BCUT2D eigenvalue weighted by molar-refractivity contribution is 4.86. The first-order chi connectivity index (χ1) is 8.24. The van der Waals surface area contributed by atoms with Crippen LogP contribution in [0.2, 0.25) is 0 Å². The Morgan fingerprint density at radius 2 is 2.29 bits per heavy atom. The van der Waals surface area contributed by atoms with Crippen molar-refractivity contribution in [1.29, 1.82) is 0 Å². The molecule has 2 N–H and O–H groups in total. The molecule has 0 aromatic heterocycles. The van der Waals surface area contributed by atoms with Crippen molar-refractivity contribution in [2.45, 2.75) is 51.3 Å². The Labute approximate surface area is 105 Å². The summed E-state index contributed by atoms with van der Waals surface area (Å²) in [6.07, 6.45) is 3.75. The lowest BCUT2D eigenvalue weighted by Crippen LogP contribution is -2.52. The molecular weight excluding hydrogens is 216 g/mol. The third-order valence-electron chi connectivity index (χ3n) is 3.77. The van der Waals surface area contributed by atoms with Gasteiger partial charge in [-0.15, -0.1) is 0 Å². The lowest BCUT2D eigenvalue weighted by Gasteiger charge is -2.38. The minimum atomic E-state index is 0.311. The van der Waals surface area contributed by atoms with Crippen LogP contribution >= 0.6 is 0 Å². The summed E-state index contributed by atoms with van der Waals surface area (Å²) >= 11 is 0.